The highest BCUT2D eigenvalue weighted by Crippen LogP contribution is 2.38. The number of nitrogens with one attached hydrogen (secondary N) is 1. The highest BCUT2D eigenvalue weighted by molar-refractivity contribution is 6.26. The van der Waals surface area contributed by atoms with Crippen molar-refractivity contribution in [3.05, 3.63) is 102 Å². The summed E-state index contributed by atoms with van der Waals surface area (Å²) in [5.41, 5.74) is 4.89. The summed E-state index contributed by atoms with van der Waals surface area (Å²) in [5.74, 6) is -0.675. The molecule has 2 amide bonds. The molecule has 1 aliphatic heterocycles. The maximum atomic E-state index is 13.3. The maximum Gasteiger partial charge on any atom is 0.261 e. The van der Waals surface area contributed by atoms with Crippen molar-refractivity contribution < 1.29 is 9.59 Å². The van der Waals surface area contributed by atoms with Gasteiger partial charge < -0.3 is 4.98 Å². The SMILES string of the molecule is Cc1[nH]c2ccccc2c1N=Nc1ccc2c3c(cccc13)C(=O)N(Cc1ccccn1)C2=O. The second kappa shape index (κ2) is 7.74. The number of amides is 2. The van der Waals surface area contributed by atoms with Crippen LogP contribution < -0.4 is 0 Å². The first-order valence-electron chi connectivity index (χ1n) is 10.9. The molecule has 0 unspecified atom stereocenters. The summed E-state index contributed by atoms with van der Waals surface area (Å²) in [5, 5.41) is 11.4. The summed E-state index contributed by atoms with van der Waals surface area (Å²) < 4.78 is 0. The van der Waals surface area contributed by atoms with Crippen LogP contribution >= 0.6 is 0 Å². The van der Waals surface area contributed by atoms with Gasteiger partial charge in [-0.05, 0) is 43.3 Å². The minimum atomic E-state index is -0.338. The molecule has 0 spiro atoms. The number of nitrogens with zero attached hydrogens (tertiary/aromatic N) is 4. The second-order valence-corrected chi connectivity index (χ2v) is 8.22. The fourth-order valence-electron chi connectivity index (χ4n) is 4.51. The number of hydrogen-bond acceptors (Lipinski definition) is 5. The van der Waals surface area contributed by atoms with E-state index in [2.05, 4.69) is 20.2 Å². The molecule has 0 atom stereocenters. The molecule has 164 valence electrons. The summed E-state index contributed by atoms with van der Waals surface area (Å²) in [6, 6.07) is 22.3. The van der Waals surface area contributed by atoms with E-state index in [-0.39, 0.29) is 18.4 Å². The van der Waals surface area contributed by atoms with E-state index in [9.17, 15) is 9.59 Å². The predicted molar refractivity (Wildman–Crippen MR) is 130 cm³/mol. The first kappa shape index (κ1) is 20.0. The second-order valence-electron chi connectivity index (χ2n) is 8.22. The molecule has 5 aromatic rings. The minimum Gasteiger partial charge on any atom is -0.357 e. The molecule has 0 aliphatic carbocycles. The molecule has 0 bridgehead atoms. The lowest BCUT2D eigenvalue weighted by atomic mass is 9.93. The number of para-hydroxylation sites is 1. The monoisotopic (exact) mass is 445 g/mol. The van der Waals surface area contributed by atoms with Crippen LogP contribution in [0, 0.1) is 6.92 Å². The smallest absolute Gasteiger partial charge is 0.261 e. The number of aromatic amines is 1. The first-order chi connectivity index (χ1) is 16.6. The summed E-state index contributed by atoms with van der Waals surface area (Å²) in [4.78, 5) is 35.4. The number of aryl methyl sites for hydroxylation is 1. The number of carbonyl (C=O) groups excluding carboxylic acids is 2. The van der Waals surface area contributed by atoms with E-state index >= 15 is 0 Å². The number of pyridine rings is 1. The van der Waals surface area contributed by atoms with E-state index in [1.165, 1.54) is 4.90 Å². The molecule has 0 radical (unpaired) electrons. The molecule has 1 aliphatic rings. The highest BCUT2D eigenvalue weighted by atomic mass is 16.2. The molecule has 2 aromatic heterocycles. The molecule has 0 saturated carbocycles. The van der Waals surface area contributed by atoms with Crippen LogP contribution in [0.2, 0.25) is 0 Å². The van der Waals surface area contributed by atoms with Crippen LogP contribution in [0.5, 0.6) is 0 Å². The van der Waals surface area contributed by atoms with Gasteiger partial charge in [-0.1, -0.05) is 36.4 Å². The van der Waals surface area contributed by atoms with Crippen molar-refractivity contribution >= 4 is 44.9 Å². The van der Waals surface area contributed by atoms with Crippen molar-refractivity contribution in [2.24, 2.45) is 10.2 Å². The average Bonchev–Trinajstić information content (AvgIpc) is 3.19. The number of hydrogen-bond donors (Lipinski definition) is 1. The van der Waals surface area contributed by atoms with Gasteiger partial charge in [-0.2, -0.15) is 0 Å². The standard InChI is InChI=1S/C27H19N5O2/c1-16-25(19-8-2-3-11-22(19)29-16)31-30-23-13-12-21-24-18(23)9-6-10-20(24)26(33)32(27(21)34)15-17-7-4-5-14-28-17/h2-14,29H,15H2,1H3. The van der Waals surface area contributed by atoms with E-state index in [0.29, 0.717) is 27.9 Å². The Morgan fingerprint density at radius 2 is 1.59 bits per heavy atom. The predicted octanol–water partition coefficient (Wildman–Crippen LogP) is 6.24. The van der Waals surface area contributed by atoms with Crippen molar-refractivity contribution in [1.82, 2.24) is 14.9 Å². The Labute approximate surface area is 194 Å². The minimum absolute atomic E-state index is 0.121. The third-order valence-corrected chi connectivity index (χ3v) is 6.13. The van der Waals surface area contributed by atoms with Crippen LogP contribution in [0.4, 0.5) is 11.4 Å². The van der Waals surface area contributed by atoms with Gasteiger partial charge in [-0.3, -0.25) is 19.5 Å². The lowest BCUT2D eigenvalue weighted by molar-refractivity contribution is 0.0596. The lowest BCUT2D eigenvalue weighted by Gasteiger charge is -2.27. The number of H-pyrrole nitrogens is 1. The zero-order chi connectivity index (χ0) is 23.2. The van der Waals surface area contributed by atoms with Gasteiger partial charge in [0, 0.05) is 44.7 Å². The number of fused-ring (bicyclic) bond motifs is 1. The number of benzene rings is 3. The maximum absolute atomic E-state index is 13.3. The lowest BCUT2D eigenvalue weighted by Crippen LogP contribution is -2.39. The van der Waals surface area contributed by atoms with Gasteiger partial charge in [0.1, 0.15) is 5.69 Å². The van der Waals surface area contributed by atoms with Crippen LogP contribution in [0.1, 0.15) is 32.1 Å². The van der Waals surface area contributed by atoms with Gasteiger partial charge in [0.15, 0.2) is 0 Å². The molecule has 6 rings (SSSR count). The zero-order valence-electron chi connectivity index (χ0n) is 18.3. The fourth-order valence-corrected chi connectivity index (χ4v) is 4.51. The molecule has 34 heavy (non-hydrogen) atoms. The Kier molecular flexibility index (Phi) is 4.55. The van der Waals surface area contributed by atoms with Crippen molar-refractivity contribution in [3.8, 4) is 0 Å². The van der Waals surface area contributed by atoms with Gasteiger partial charge in [0.25, 0.3) is 11.8 Å². The summed E-state index contributed by atoms with van der Waals surface area (Å²) in [6.45, 7) is 2.08. The van der Waals surface area contributed by atoms with Crippen LogP contribution in [0.3, 0.4) is 0 Å². The number of rotatable bonds is 4. The van der Waals surface area contributed by atoms with E-state index in [1.807, 2.05) is 49.4 Å². The van der Waals surface area contributed by atoms with E-state index in [0.717, 1.165) is 27.7 Å². The first-order valence-corrected chi connectivity index (χ1v) is 10.9. The fraction of sp³-hybridized carbons (Fsp3) is 0.0741. The van der Waals surface area contributed by atoms with Gasteiger partial charge >= 0.3 is 0 Å². The third kappa shape index (κ3) is 3.09. The molecule has 0 saturated heterocycles. The van der Waals surface area contributed by atoms with Gasteiger partial charge in [0.05, 0.1) is 17.9 Å². The molecule has 1 N–H and O–H groups in total. The average molecular weight is 445 g/mol. The molecule has 7 nitrogen and oxygen atoms in total. The van der Waals surface area contributed by atoms with Crippen molar-refractivity contribution in [1.29, 1.82) is 0 Å². The van der Waals surface area contributed by atoms with E-state index < -0.39 is 0 Å². The van der Waals surface area contributed by atoms with E-state index in [4.69, 9.17) is 0 Å². The topological polar surface area (TPSA) is 90.8 Å². The Morgan fingerprint density at radius 1 is 0.824 bits per heavy atom. The van der Waals surface area contributed by atoms with Crippen molar-refractivity contribution in [2.75, 3.05) is 0 Å². The third-order valence-electron chi connectivity index (χ3n) is 6.13. The molecular formula is C27H19N5O2. The van der Waals surface area contributed by atoms with Gasteiger partial charge in [0.2, 0.25) is 0 Å². The molecule has 7 heteroatoms. The van der Waals surface area contributed by atoms with Crippen molar-refractivity contribution in [2.45, 2.75) is 13.5 Å². The normalized spacial score (nSPS) is 13.5. The summed E-state index contributed by atoms with van der Waals surface area (Å²) in [6.07, 6.45) is 1.65. The summed E-state index contributed by atoms with van der Waals surface area (Å²) in [7, 11) is 0. The highest BCUT2D eigenvalue weighted by Gasteiger charge is 2.33. The van der Waals surface area contributed by atoms with Crippen molar-refractivity contribution in [3.63, 3.8) is 0 Å². The number of aromatic nitrogens is 2. The molecule has 0 fully saturated rings. The Hall–Kier alpha value is -4.65. The molecule has 3 aromatic carbocycles. The van der Waals surface area contributed by atoms with Crippen LogP contribution in [0.15, 0.2) is 89.2 Å². The van der Waals surface area contributed by atoms with Gasteiger partial charge in [-0.15, -0.1) is 10.2 Å². The van der Waals surface area contributed by atoms with Crippen LogP contribution in [-0.2, 0) is 6.54 Å². The Balaban J connectivity index is 1.43. The number of azo groups is 1. The van der Waals surface area contributed by atoms with E-state index in [1.54, 1.807) is 36.5 Å². The number of carbonyl (C=O) groups is 2. The van der Waals surface area contributed by atoms with Crippen LogP contribution in [0.25, 0.3) is 21.7 Å². The van der Waals surface area contributed by atoms with Crippen LogP contribution in [-0.4, -0.2) is 26.7 Å². The molecular weight excluding hydrogens is 426 g/mol. The molecule has 3 heterocycles. The largest absolute Gasteiger partial charge is 0.357 e. The summed E-state index contributed by atoms with van der Waals surface area (Å²) >= 11 is 0. The Morgan fingerprint density at radius 3 is 2.41 bits per heavy atom. The quantitative estimate of drug-likeness (QED) is 0.262. The zero-order valence-corrected chi connectivity index (χ0v) is 18.3. The Bertz CT molecular complexity index is 1610. The van der Waals surface area contributed by atoms with Gasteiger partial charge in [-0.25, -0.2) is 0 Å². The number of imide groups is 1.